The van der Waals surface area contributed by atoms with Crippen molar-refractivity contribution in [3.63, 3.8) is 0 Å². The van der Waals surface area contributed by atoms with Crippen LogP contribution in [0.5, 0.6) is 17.2 Å². The third kappa shape index (κ3) is 4.22. The Bertz CT molecular complexity index is 907. The molecule has 0 amide bonds. The Morgan fingerprint density at radius 1 is 1.04 bits per heavy atom. The van der Waals surface area contributed by atoms with Gasteiger partial charge in [-0.3, -0.25) is 0 Å². The third-order valence-corrected chi connectivity index (χ3v) is 3.66. The molecule has 6 nitrogen and oxygen atoms in total. The van der Waals surface area contributed by atoms with Gasteiger partial charge in [-0.2, -0.15) is 8.78 Å². The van der Waals surface area contributed by atoms with Crippen molar-refractivity contribution in [1.82, 2.24) is 0 Å². The monoisotopic (exact) mass is 375 g/mol. The summed E-state index contributed by atoms with van der Waals surface area (Å²) in [6.07, 6.45) is 1.47. The number of cyclic esters (lactones) is 1. The first kappa shape index (κ1) is 18.4. The number of carbonyl (C=O) groups is 1. The van der Waals surface area contributed by atoms with Gasteiger partial charge in [0, 0.05) is 5.56 Å². The Labute approximate surface area is 153 Å². The molecule has 1 aliphatic rings. The van der Waals surface area contributed by atoms with E-state index in [-0.39, 0.29) is 23.1 Å². The maximum Gasteiger partial charge on any atom is 0.387 e. The van der Waals surface area contributed by atoms with E-state index in [4.69, 9.17) is 14.2 Å². The summed E-state index contributed by atoms with van der Waals surface area (Å²) in [6, 6.07) is 11.2. The lowest BCUT2D eigenvalue weighted by molar-refractivity contribution is -0.129. The zero-order valence-electron chi connectivity index (χ0n) is 14.4. The molecule has 0 fully saturated rings. The minimum Gasteiger partial charge on any atom is -0.497 e. The predicted octanol–water partition coefficient (Wildman–Crippen LogP) is 3.65. The highest BCUT2D eigenvalue weighted by molar-refractivity contribution is 6.12. The van der Waals surface area contributed by atoms with Crippen LogP contribution in [-0.4, -0.2) is 32.7 Å². The Morgan fingerprint density at radius 2 is 1.78 bits per heavy atom. The van der Waals surface area contributed by atoms with E-state index in [0.29, 0.717) is 16.9 Å². The van der Waals surface area contributed by atoms with Crippen molar-refractivity contribution in [3.8, 4) is 17.2 Å². The fourth-order valence-electron chi connectivity index (χ4n) is 2.39. The second-order valence-corrected chi connectivity index (χ2v) is 5.35. The van der Waals surface area contributed by atoms with Crippen LogP contribution >= 0.6 is 0 Å². The largest absolute Gasteiger partial charge is 0.497 e. The third-order valence-electron chi connectivity index (χ3n) is 3.66. The van der Waals surface area contributed by atoms with E-state index < -0.39 is 12.6 Å². The predicted molar refractivity (Wildman–Crippen MR) is 93.2 cm³/mol. The summed E-state index contributed by atoms with van der Waals surface area (Å²) in [5.41, 5.74) is 1.20. The van der Waals surface area contributed by atoms with Gasteiger partial charge in [0.15, 0.2) is 17.2 Å². The maximum atomic E-state index is 12.4. The number of hydrogen-bond donors (Lipinski definition) is 0. The number of esters is 1. The molecule has 2 aromatic rings. The van der Waals surface area contributed by atoms with Gasteiger partial charge in [-0.05, 0) is 48.0 Å². The molecule has 0 atom stereocenters. The van der Waals surface area contributed by atoms with Crippen molar-refractivity contribution >= 4 is 17.9 Å². The average Bonchev–Trinajstić information content (AvgIpc) is 3.03. The van der Waals surface area contributed by atoms with Gasteiger partial charge in [0.2, 0.25) is 5.90 Å². The fraction of sp³-hybridized carbons (Fsp3) is 0.158. The fourth-order valence-corrected chi connectivity index (χ4v) is 2.39. The van der Waals surface area contributed by atoms with Gasteiger partial charge in [0.25, 0.3) is 0 Å². The van der Waals surface area contributed by atoms with Gasteiger partial charge in [-0.1, -0.05) is 6.07 Å². The molecule has 0 aliphatic carbocycles. The normalized spacial score (nSPS) is 14.9. The zero-order valence-corrected chi connectivity index (χ0v) is 14.4. The highest BCUT2D eigenvalue weighted by atomic mass is 19.3. The molecule has 8 heteroatoms. The number of ether oxygens (including phenoxy) is 4. The number of methoxy groups -OCH3 is 2. The summed E-state index contributed by atoms with van der Waals surface area (Å²) in [7, 11) is 2.88. The molecule has 2 aromatic carbocycles. The van der Waals surface area contributed by atoms with Crippen LogP contribution in [0.2, 0.25) is 0 Å². The molecule has 3 rings (SSSR count). The lowest BCUT2D eigenvalue weighted by atomic mass is 10.1. The van der Waals surface area contributed by atoms with Gasteiger partial charge in [-0.25, -0.2) is 9.79 Å². The quantitative estimate of drug-likeness (QED) is 0.570. The van der Waals surface area contributed by atoms with Gasteiger partial charge in [-0.15, -0.1) is 0 Å². The van der Waals surface area contributed by atoms with Gasteiger partial charge in [0.05, 0.1) is 14.2 Å². The van der Waals surface area contributed by atoms with Crippen molar-refractivity contribution < 1.29 is 32.5 Å². The molecule has 0 saturated carbocycles. The minimum absolute atomic E-state index is 0.0744. The molecule has 1 heterocycles. The van der Waals surface area contributed by atoms with Crippen LogP contribution in [0.1, 0.15) is 11.1 Å². The number of aliphatic imine (C=N–C) groups is 1. The van der Waals surface area contributed by atoms with Crippen LogP contribution in [0.4, 0.5) is 8.78 Å². The summed E-state index contributed by atoms with van der Waals surface area (Å²) in [6.45, 7) is -2.97. The van der Waals surface area contributed by atoms with E-state index in [9.17, 15) is 13.6 Å². The minimum atomic E-state index is -2.97. The first-order valence-electron chi connectivity index (χ1n) is 7.80. The molecule has 0 spiro atoms. The number of rotatable bonds is 6. The van der Waals surface area contributed by atoms with E-state index in [1.54, 1.807) is 31.4 Å². The molecule has 0 bridgehead atoms. The van der Waals surface area contributed by atoms with Crippen LogP contribution in [0.3, 0.4) is 0 Å². The Hall–Kier alpha value is -3.42. The molecule has 140 valence electrons. The molecule has 0 unspecified atom stereocenters. The van der Waals surface area contributed by atoms with Crippen LogP contribution in [0.15, 0.2) is 53.2 Å². The van der Waals surface area contributed by atoms with E-state index in [1.807, 2.05) is 0 Å². The lowest BCUT2D eigenvalue weighted by Crippen LogP contribution is -2.05. The van der Waals surface area contributed by atoms with Crippen molar-refractivity contribution in [3.05, 3.63) is 59.3 Å². The summed E-state index contributed by atoms with van der Waals surface area (Å²) < 4.78 is 44.5. The number of alkyl halides is 2. The van der Waals surface area contributed by atoms with Crippen molar-refractivity contribution in [1.29, 1.82) is 0 Å². The highest BCUT2D eigenvalue weighted by Gasteiger charge is 2.24. The first-order chi connectivity index (χ1) is 13.0. The summed E-state index contributed by atoms with van der Waals surface area (Å²) in [4.78, 5) is 16.3. The molecule has 0 saturated heterocycles. The number of nitrogens with zero attached hydrogens (tertiary/aromatic N) is 1. The molecular formula is C19H15F2NO5. The topological polar surface area (TPSA) is 66.3 Å². The smallest absolute Gasteiger partial charge is 0.387 e. The molecular weight excluding hydrogens is 360 g/mol. The summed E-state index contributed by atoms with van der Waals surface area (Å²) >= 11 is 0. The highest BCUT2D eigenvalue weighted by Crippen LogP contribution is 2.31. The lowest BCUT2D eigenvalue weighted by Gasteiger charge is -2.10. The molecule has 0 radical (unpaired) electrons. The van der Waals surface area contributed by atoms with Crippen LogP contribution < -0.4 is 14.2 Å². The van der Waals surface area contributed by atoms with Crippen LogP contribution in [0, 0.1) is 0 Å². The summed E-state index contributed by atoms with van der Waals surface area (Å²) in [5, 5.41) is 0. The second kappa shape index (κ2) is 7.86. The standard InChI is InChI=1S/C19H15F2NO5/c1-24-13-6-4-12(5-7-13)17-22-14(18(23)27-17)9-11-3-8-15(26-19(20)21)16(10-11)25-2/h3-10,19H,1-2H3. The van der Waals surface area contributed by atoms with Crippen molar-refractivity contribution in [2.45, 2.75) is 6.61 Å². The molecule has 1 aliphatic heterocycles. The second-order valence-electron chi connectivity index (χ2n) is 5.35. The van der Waals surface area contributed by atoms with Crippen molar-refractivity contribution in [2.24, 2.45) is 4.99 Å². The summed E-state index contributed by atoms with van der Waals surface area (Å²) in [5.74, 6) is 0.213. The number of halogens is 2. The average molecular weight is 375 g/mol. The maximum absolute atomic E-state index is 12.4. The van der Waals surface area contributed by atoms with E-state index >= 15 is 0 Å². The number of carbonyl (C=O) groups excluding carboxylic acids is 1. The molecule has 0 N–H and O–H groups in total. The van der Waals surface area contributed by atoms with Gasteiger partial charge >= 0.3 is 12.6 Å². The Morgan fingerprint density at radius 3 is 2.41 bits per heavy atom. The van der Waals surface area contributed by atoms with Crippen LogP contribution in [0.25, 0.3) is 6.08 Å². The SMILES string of the molecule is COc1ccc(C2=NC(=Cc3ccc(OC(F)F)c(OC)c3)C(=O)O2)cc1. The zero-order chi connectivity index (χ0) is 19.4. The number of hydrogen-bond acceptors (Lipinski definition) is 6. The van der Waals surface area contributed by atoms with Gasteiger partial charge in [0.1, 0.15) is 5.75 Å². The molecule has 27 heavy (non-hydrogen) atoms. The first-order valence-corrected chi connectivity index (χ1v) is 7.80. The Balaban J connectivity index is 1.87. The van der Waals surface area contributed by atoms with Crippen LogP contribution in [-0.2, 0) is 9.53 Å². The molecule has 0 aromatic heterocycles. The van der Waals surface area contributed by atoms with E-state index in [1.165, 1.54) is 31.4 Å². The number of benzene rings is 2. The Kier molecular flexibility index (Phi) is 5.35. The van der Waals surface area contributed by atoms with Crippen molar-refractivity contribution in [2.75, 3.05) is 14.2 Å². The van der Waals surface area contributed by atoms with Gasteiger partial charge < -0.3 is 18.9 Å². The van der Waals surface area contributed by atoms with E-state index in [2.05, 4.69) is 9.73 Å². The van der Waals surface area contributed by atoms with E-state index in [0.717, 1.165) is 0 Å².